The average Bonchev–Trinajstić information content (AvgIpc) is 2.16. The van der Waals surface area contributed by atoms with Crippen molar-refractivity contribution in [2.75, 3.05) is 11.9 Å². The molecule has 2 rings (SSSR count). The van der Waals surface area contributed by atoms with Crippen molar-refractivity contribution < 1.29 is 9.53 Å². The van der Waals surface area contributed by atoms with E-state index < -0.39 is 6.10 Å². The molecule has 1 aromatic carbocycles. The molecule has 1 aliphatic rings. The van der Waals surface area contributed by atoms with Gasteiger partial charge in [-0.3, -0.25) is 4.79 Å². The summed E-state index contributed by atoms with van der Waals surface area (Å²) < 4.78 is 5.42. The largest absolute Gasteiger partial charge is 0.479 e. The van der Waals surface area contributed by atoms with Crippen molar-refractivity contribution in [3.05, 3.63) is 23.2 Å². The smallest absolute Gasteiger partial charge is 0.267 e. The van der Waals surface area contributed by atoms with Crippen LogP contribution in [0.15, 0.2) is 18.2 Å². The third-order valence-corrected chi connectivity index (χ3v) is 2.50. The van der Waals surface area contributed by atoms with Gasteiger partial charge in [0.15, 0.2) is 6.10 Å². The Morgan fingerprint density at radius 2 is 2.21 bits per heavy atom. The highest BCUT2D eigenvalue weighted by Crippen LogP contribution is 2.34. The predicted octanol–water partition coefficient (Wildman–Crippen LogP) is 2.08. The number of carbonyl (C=O) groups excluding carboxylic acids is 1. The van der Waals surface area contributed by atoms with E-state index in [0.717, 1.165) is 5.69 Å². The number of likely N-dealkylation sites (N-methyl/N-ethyl adjacent to an activating group) is 1. The number of ether oxygens (including phenoxy) is 1. The van der Waals surface area contributed by atoms with Crippen molar-refractivity contribution in [1.29, 1.82) is 0 Å². The Labute approximate surface area is 87.2 Å². The number of hydrogen-bond acceptors (Lipinski definition) is 2. The van der Waals surface area contributed by atoms with Gasteiger partial charge in [0.1, 0.15) is 5.75 Å². The van der Waals surface area contributed by atoms with Gasteiger partial charge in [-0.15, -0.1) is 0 Å². The summed E-state index contributed by atoms with van der Waals surface area (Å²) in [4.78, 5) is 13.1. The highest BCUT2D eigenvalue weighted by atomic mass is 35.5. The van der Waals surface area contributed by atoms with Crippen LogP contribution in [0.25, 0.3) is 0 Å². The first-order chi connectivity index (χ1) is 6.59. The lowest BCUT2D eigenvalue weighted by molar-refractivity contribution is -0.125. The summed E-state index contributed by atoms with van der Waals surface area (Å²) in [6.07, 6.45) is -0.423. The monoisotopic (exact) mass is 211 g/mol. The topological polar surface area (TPSA) is 29.5 Å². The Kier molecular flexibility index (Phi) is 2.11. The molecule has 74 valence electrons. The maximum Gasteiger partial charge on any atom is 0.267 e. The van der Waals surface area contributed by atoms with Crippen LogP contribution in [-0.4, -0.2) is 19.1 Å². The molecule has 0 saturated carbocycles. The van der Waals surface area contributed by atoms with Crippen molar-refractivity contribution in [2.24, 2.45) is 0 Å². The van der Waals surface area contributed by atoms with Crippen molar-refractivity contribution in [1.82, 2.24) is 0 Å². The van der Waals surface area contributed by atoms with E-state index in [1.807, 2.05) is 0 Å². The Balaban J connectivity index is 2.51. The van der Waals surface area contributed by atoms with Crippen molar-refractivity contribution in [3.63, 3.8) is 0 Å². The molecule has 0 bridgehead atoms. The van der Waals surface area contributed by atoms with Gasteiger partial charge < -0.3 is 9.64 Å². The minimum atomic E-state index is -0.423. The van der Waals surface area contributed by atoms with Gasteiger partial charge >= 0.3 is 0 Å². The number of anilines is 1. The zero-order valence-corrected chi connectivity index (χ0v) is 8.71. The van der Waals surface area contributed by atoms with E-state index in [2.05, 4.69) is 0 Å². The van der Waals surface area contributed by atoms with Gasteiger partial charge in [-0.25, -0.2) is 0 Å². The van der Waals surface area contributed by atoms with Crippen LogP contribution >= 0.6 is 11.6 Å². The SMILES string of the molecule is CC1Oc2ccc(Cl)cc2N(C)C1=O. The third-order valence-electron chi connectivity index (χ3n) is 2.26. The molecule has 0 saturated heterocycles. The Morgan fingerprint density at radius 3 is 2.93 bits per heavy atom. The molecule has 1 amide bonds. The molecule has 1 atom stereocenters. The lowest BCUT2D eigenvalue weighted by Crippen LogP contribution is -2.41. The normalized spacial score (nSPS) is 20.4. The summed E-state index contributed by atoms with van der Waals surface area (Å²) in [7, 11) is 1.72. The standard InChI is InChI=1S/C10H10ClNO2/c1-6-10(13)12(2)8-5-7(11)3-4-9(8)14-6/h3-6H,1-2H3. The second-order valence-corrected chi connectivity index (χ2v) is 3.71. The summed E-state index contributed by atoms with van der Waals surface area (Å²) in [5.74, 6) is 0.642. The number of amides is 1. The molecular formula is C10H10ClNO2. The van der Waals surface area contributed by atoms with Crippen LogP contribution in [0.4, 0.5) is 5.69 Å². The second kappa shape index (κ2) is 3.17. The van der Waals surface area contributed by atoms with Crippen LogP contribution in [0.1, 0.15) is 6.92 Å². The number of halogens is 1. The summed E-state index contributed by atoms with van der Waals surface area (Å²) in [5, 5.41) is 0.599. The van der Waals surface area contributed by atoms with Crippen LogP contribution in [0.3, 0.4) is 0 Å². The maximum atomic E-state index is 11.6. The molecule has 0 spiro atoms. The Hall–Kier alpha value is -1.22. The molecule has 1 aromatic rings. The van der Waals surface area contributed by atoms with E-state index in [1.165, 1.54) is 0 Å². The highest BCUT2D eigenvalue weighted by Gasteiger charge is 2.28. The molecule has 4 heteroatoms. The molecule has 0 radical (unpaired) electrons. The first-order valence-corrected chi connectivity index (χ1v) is 4.71. The molecule has 0 aromatic heterocycles. The average molecular weight is 212 g/mol. The number of benzene rings is 1. The number of carbonyl (C=O) groups is 1. The molecule has 0 aliphatic carbocycles. The van der Waals surface area contributed by atoms with Gasteiger partial charge in [-0.1, -0.05) is 11.6 Å². The van der Waals surface area contributed by atoms with Gasteiger partial charge in [0.2, 0.25) is 0 Å². The lowest BCUT2D eigenvalue weighted by atomic mass is 10.2. The summed E-state index contributed by atoms with van der Waals surface area (Å²) in [5.41, 5.74) is 0.723. The van der Waals surface area contributed by atoms with Gasteiger partial charge in [0, 0.05) is 12.1 Å². The molecule has 14 heavy (non-hydrogen) atoms. The van der Waals surface area contributed by atoms with E-state index in [0.29, 0.717) is 10.8 Å². The molecule has 0 fully saturated rings. The van der Waals surface area contributed by atoms with Gasteiger partial charge in [-0.2, -0.15) is 0 Å². The van der Waals surface area contributed by atoms with Crippen LogP contribution in [0.2, 0.25) is 5.02 Å². The van der Waals surface area contributed by atoms with E-state index in [9.17, 15) is 4.79 Å². The van der Waals surface area contributed by atoms with E-state index in [-0.39, 0.29) is 5.91 Å². The van der Waals surface area contributed by atoms with Gasteiger partial charge in [-0.05, 0) is 25.1 Å². The molecule has 3 nitrogen and oxygen atoms in total. The first-order valence-electron chi connectivity index (χ1n) is 4.33. The molecule has 1 aliphatic heterocycles. The molecule has 1 unspecified atom stereocenters. The maximum absolute atomic E-state index is 11.6. The van der Waals surface area contributed by atoms with Gasteiger partial charge in [0.05, 0.1) is 5.69 Å². The quantitative estimate of drug-likeness (QED) is 0.658. The number of nitrogens with zero attached hydrogens (tertiary/aromatic N) is 1. The van der Waals surface area contributed by atoms with Crippen molar-refractivity contribution in [2.45, 2.75) is 13.0 Å². The molecule has 0 N–H and O–H groups in total. The zero-order valence-electron chi connectivity index (χ0n) is 7.95. The fourth-order valence-corrected chi connectivity index (χ4v) is 1.65. The molecule has 1 heterocycles. The minimum Gasteiger partial charge on any atom is -0.479 e. The number of hydrogen-bond donors (Lipinski definition) is 0. The van der Waals surface area contributed by atoms with Crippen molar-refractivity contribution >= 4 is 23.2 Å². The molecular weight excluding hydrogens is 202 g/mol. The third kappa shape index (κ3) is 1.34. The van der Waals surface area contributed by atoms with E-state index in [4.69, 9.17) is 16.3 Å². The summed E-state index contributed by atoms with van der Waals surface area (Å²) >= 11 is 5.83. The lowest BCUT2D eigenvalue weighted by Gasteiger charge is -2.30. The second-order valence-electron chi connectivity index (χ2n) is 3.27. The minimum absolute atomic E-state index is 0.0558. The van der Waals surface area contributed by atoms with Crippen LogP contribution in [0, 0.1) is 0 Å². The summed E-state index contributed by atoms with van der Waals surface area (Å²) in [6, 6.07) is 5.24. The van der Waals surface area contributed by atoms with E-state index in [1.54, 1.807) is 37.1 Å². The van der Waals surface area contributed by atoms with Crippen LogP contribution in [-0.2, 0) is 4.79 Å². The first kappa shape index (κ1) is 9.34. The highest BCUT2D eigenvalue weighted by molar-refractivity contribution is 6.31. The van der Waals surface area contributed by atoms with Crippen molar-refractivity contribution in [3.8, 4) is 5.75 Å². The number of fused-ring (bicyclic) bond motifs is 1. The Morgan fingerprint density at radius 1 is 1.50 bits per heavy atom. The number of rotatable bonds is 0. The zero-order chi connectivity index (χ0) is 10.3. The van der Waals surface area contributed by atoms with Crippen LogP contribution in [0.5, 0.6) is 5.75 Å². The fraction of sp³-hybridized carbons (Fsp3) is 0.300. The van der Waals surface area contributed by atoms with Crippen LogP contribution < -0.4 is 9.64 Å². The Bertz CT molecular complexity index is 392. The van der Waals surface area contributed by atoms with Gasteiger partial charge in [0.25, 0.3) is 5.91 Å². The predicted molar refractivity (Wildman–Crippen MR) is 55.0 cm³/mol. The van der Waals surface area contributed by atoms with E-state index >= 15 is 0 Å². The summed E-state index contributed by atoms with van der Waals surface area (Å²) in [6.45, 7) is 1.73. The fourth-order valence-electron chi connectivity index (χ4n) is 1.48.